The Balaban J connectivity index is 1.79. The van der Waals surface area contributed by atoms with Crippen LogP contribution in [0.25, 0.3) is 0 Å². The zero-order valence-electron chi connectivity index (χ0n) is 12.8. The van der Waals surface area contributed by atoms with E-state index in [1.807, 2.05) is 24.3 Å². The van der Waals surface area contributed by atoms with Gasteiger partial charge >= 0.3 is 11.9 Å². The number of nitrogens with one attached hydrogen (secondary N) is 1. The number of nitrogens with zero attached hydrogens (tertiary/aromatic N) is 2. The molecule has 1 heterocycles. The predicted octanol–water partition coefficient (Wildman–Crippen LogP) is 0.278. The molecule has 2 amide bonds. The number of piperazine rings is 1. The van der Waals surface area contributed by atoms with Crippen LogP contribution < -0.4 is 10.2 Å². The number of anilines is 1. The van der Waals surface area contributed by atoms with Crippen molar-refractivity contribution < 1.29 is 19.1 Å². The number of esters is 1. The Morgan fingerprint density at radius 2 is 1.74 bits per heavy atom. The standard InChI is InChI=1S/C15H18ClN3O4/c1-23-15(22)14(21)17-10-13(20)19-8-6-18(7-9-19)12-4-2-11(16)3-5-12/h2-5H,6-10H2,1H3,(H,17,21). The van der Waals surface area contributed by atoms with E-state index in [1.165, 1.54) is 0 Å². The number of ether oxygens (including phenoxy) is 1. The van der Waals surface area contributed by atoms with Gasteiger partial charge in [0.05, 0.1) is 13.7 Å². The molecule has 23 heavy (non-hydrogen) atoms. The molecule has 0 saturated carbocycles. The second kappa shape index (κ2) is 7.82. The van der Waals surface area contributed by atoms with Crippen molar-refractivity contribution in [2.24, 2.45) is 0 Å². The average molecular weight is 340 g/mol. The lowest BCUT2D eigenvalue weighted by Gasteiger charge is -2.36. The van der Waals surface area contributed by atoms with E-state index in [0.29, 0.717) is 31.2 Å². The maximum Gasteiger partial charge on any atom is 0.396 e. The van der Waals surface area contributed by atoms with Crippen LogP contribution in [-0.2, 0) is 19.1 Å². The minimum Gasteiger partial charge on any atom is -0.462 e. The van der Waals surface area contributed by atoms with Gasteiger partial charge in [-0.25, -0.2) is 4.79 Å². The highest BCUT2D eigenvalue weighted by Gasteiger charge is 2.22. The predicted molar refractivity (Wildman–Crippen MR) is 85.3 cm³/mol. The molecule has 0 radical (unpaired) electrons. The summed E-state index contributed by atoms with van der Waals surface area (Å²) in [6, 6.07) is 7.54. The lowest BCUT2D eigenvalue weighted by Crippen LogP contribution is -2.51. The van der Waals surface area contributed by atoms with Crippen LogP contribution in [0.2, 0.25) is 5.02 Å². The molecule has 8 heteroatoms. The van der Waals surface area contributed by atoms with Crippen LogP contribution in [0, 0.1) is 0 Å². The van der Waals surface area contributed by atoms with E-state index in [0.717, 1.165) is 12.8 Å². The van der Waals surface area contributed by atoms with E-state index in [9.17, 15) is 14.4 Å². The van der Waals surface area contributed by atoms with Crippen molar-refractivity contribution >= 4 is 35.1 Å². The van der Waals surface area contributed by atoms with Crippen molar-refractivity contribution in [2.45, 2.75) is 0 Å². The molecule has 0 bridgehead atoms. The van der Waals surface area contributed by atoms with E-state index in [4.69, 9.17) is 11.6 Å². The number of hydrogen-bond donors (Lipinski definition) is 1. The number of halogens is 1. The first-order chi connectivity index (χ1) is 11.0. The Morgan fingerprint density at radius 3 is 2.30 bits per heavy atom. The van der Waals surface area contributed by atoms with E-state index in [-0.39, 0.29) is 12.5 Å². The number of benzene rings is 1. The summed E-state index contributed by atoms with van der Waals surface area (Å²) in [5.41, 5.74) is 1.06. The first-order valence-corrected chi connectivity index (χ1v) is 7.53. The van der Waals surface area contributed by atoms with Gasteiger partial charge in [-0.1, -0.05) is 11.6 Å². The summed E-state index contributed by atoms with van der Waals surface area (Å²) < 4.78 is 4.27. The van der Waals surface area contributed by atoms with Gasteiger partial charge in [0.15, 0.2) is 0 Å². The highest BCUT2D eigenvalue weighted by atomic mass is 35.5. The van der Waals surface area contributed by atoms with Gasteiger partial charge in [-0.05, 0) is 24.3 Å². The van der Waals surface area contributed by atoms with Crippen molar-refractivity contribution in [3.05, 3.63) is 29.3 Å². The van der Waals surface area contributed by atoms with Gasteiger partial charge in [0.1, 0.15) is 0 Å². The molecule has 0 spiro atoms. The van der Waals surface area contributed by atoms with Crippen LogP contribution >= 0.6 is 11.6 Å². The summed E-state index contributed by atoms with van der Waals surface area (Å²) in [4.78, 5) is 38.0. The molecule has 1 aromatic rings. The zero-order valence-corrected chi connectivity index (χ0v) is 13.5. The lowest BCUT2D eigenvalue weighted by molar-refractivity contribution is -0.153. The number of amides is 2. The van der Waals surface area contributed by atoms with Crippen molar-refractivity contribution in [3.63, 3.8) is 0 Å². The molecule has 1 fully saturated rings. The minimum atomic E-state index is -1.01. The molecular weight excluding hydrogens is 322 g/mol. The average Bonchev–Trinajstić information content (AvgIpc) is 2.59. The van der Waals surface area contributed by atoms with Crippen LogP contribution in [0.4, 0.5) is 5.69 Å². The Morgan fingerprint density at radius 1 is 1.13 bits per heavy atom. The highest BCUT2D eigenvalue weighted by Crippen LogP contribution is 2.19. The third kappa shape index (κ3) is 4.59. The normalized spacial score (nSPS) is 14.3. The van der Waals surface area contributed by atoms with E-state index < -0.39 is 11.9 Å². The molecule has 2 rings (SSSR count). The number of methoxy groups -OCH3 is 1. The smallest absolute Gasteiger partial charge is 0.396 e. The fraction of sp³-hybridized carbons (Fsp3) is 0.400. The summed E-state index contributed by atoms with van der Waals surface area (Å²) in [5, 5.41) is 2.93. The van der Waals surface area contributed by atoms with Crippen LogP contribution in [0.15, 0.2) is 24.3 Å². The Labute approximate surface area is 139 Å². The third-order valence-corrected chi connectivity index (χ3v) is 3.85. The molecule has 1 aromatic carbocycles. The number of hydrogen-bond acceptors (Lipinski definition) is 5. The van der Waals surface area contributed by atoms with Crippen molar-refractivity contribution in [2.75, 3.05) is 44.7 Å². The number of carbonyl (C=O) groups is 3. The molecule has 0 unspecified atom stereocenters. The van der Waals surface area contributed by atoms with Crippen molar-refractivity contribution in [1.29, 1.82) is 0 Å². The zero-order chi connectivity index (χ0) is 16.8. The van der Waals surface area contributed by atoms with Gasteiger partial charge in [0.2, 0.25) is 5.91 Å². The second-order valence-corrected chi connectivity index (χ2v) is 5.45. The first kappa shape index (κ1) is 17.1. The SMILES string of the molecule is COC(=O)C(=O)NCC(=O)N1CCN(c2ccc(Cl)cc2)CC1. The van der Waals surface area contributed by atoms with E-state index >= 15 is 0 Å². The van der Waals surface area contributed by atoms with Crippen LogP contribution in [-0.4, -0.2) is 62.5 Å². The maximum absolute atomic E-state index is 12.0. The van der Waals surface area contributed by atoms with Crippen molar-refractivity contribution in [3.8, 4) is 0 Å². The first-order valence-electron chi connectivity index (χ1n) is 7.15. The molecular formula is C15H18ClN3O4. The van der Waals surface area contributed by atoms with Crippen molar-refractivity contribution in [1.82, 2.24) is 10.2 Å². The quantitative estimate of drug-likeness (QED) is 0.632. The van der Waals surface area contributed by atoms with Gasteiger partial charge in [0, 0.05) is 36.9 Å². The third-order valence-electron chi connectivity index (χ3n) is 3.60. The Bertz CT molecular complexity index is 583. The molecule has 1 N–H and O–H groups in total. The van der Waals surface area contributed by atoms with E-state index in [2.05, 4.69) is 15.0 Å². The summed E-state index contributed by atoms with van der Waals surface area (Å²) in [6.07, 6.45) is 0. The maximum atomic E-state index is 12.0. The van der Waals surface area contributed by atoms with Gasteiger partial charge < -0.3 is 19.9 Å². The summed E-state index contributed by atoms with van der Waals surface area (Å²) in [7, 11) is 1.11. The fourth-order valence-electron chi connectivity index (χ4n) is 2.30. The molecule has 0 atom stereocenters. The highest BCUT2D eigenvalue weighted by molar-refractivity contribution is 6.32. The van der Waals surface area contributed by atoms with Crippen LogP contribution in [0.1, 0.15) is 0 Å². The van der Waals surface area contributed by atoms with Crippen LogP contribution in [0.5, 0.6) is 0 Å². The molecule has 7 nitrogen and oxygen atoms in total. The molecule has 0 aromatic heterocycles. The summed E-state index contributed by atoms with van der Waals surface area (Å²) in [6.45, 7) is 2.27. The topological polar surface area (TPSA) is 78.9 Å². The number of carbonyl (C=O) groups excluding carboxylic acids is 3. The summed E-state index contributed by atoms with van der Waals surface area (Å²) in [5.74, 6) is -2.15. The summed E-state index contributed by atoms with van der Waals surface area (Å²) >= 11 is 5.87. The fourth-order valence-corrected chi connectivity index (χ4v) is 2.42. The lowest BCUT2D eigenvalue weighted by atomic mass is 10.2. The van der Waals surface area contributed by atoms with Gasteiger partial charge in [-0.2, -0.15) is 0 Å². The van der Waals surface area contributed by atoms with Gasteiger partial charge in [0.25, 0.3) is 0 Å². The van der Waals surface area contributed by atoms with Crippen LogP contribution in [0.3, 0.4) is 0 Å². The molecule has 1 saturated heterocycles. The van der Waals surface area contributed by atoms with Gasteiger partial charge in [-0.15, -0.1) is 0 Å². The molecule has 0 aliphatic carbocycles. The molecule has 1 aliphatic heterocycles. The largest absolute Gasteiger partial charge is 0.462 e. The van der Waals surface area contributed by atoms with E-state index in [1.54, 1.807) is 4.90 Å². The monoisotopic (exact) mass is 339 g/mol. The molecule has 124 valence electrons. The minimum absolute atomic E-state index is 0.213. The Hall–Kier alpha value is -2.28. The Kier molecular flexibility index (Phi) is 5.81. The second-order valence-electron chi connectivity index (χ2n) is 5.02. The number of rotatable bonds is 3. The molecule has 1 aliphatic rings. The van der Waals surface area contributed by atoms with Gasteiger partial charge in [-0.3, -0.25) is 9.59 Å².